The van der Waals surface area contributed by atoms with E-state index in [-0.39, 0.29) is 0 Å². The molecule has 0 aliphatic rings. The normalized spacial score (nSPS) is 11.4. The van der Waals surface area contributed by atoms with Gasteiger partial charge in [-0.15, -0.1) is 0 Å². The molecule has 0 bridgehead atoms. The Morgan fingerprint density at radius 2 is 1.72 bits per heavy atom. The van der Waals surface area contributed by atoms with E-state index in [1.54, 1.807) is 18.3 Å². The third-order valence-corrected chi connectivity index (χ3v) is 2.87. The van der Waals surface area contributed by atoms with Crippen LogP contribution in [0.25, 0.3) is 6.08 Å². The first kappa shape index (κ1) is 12.9. The highest BCUT2D eigenvalue weighted by Crippen LogP contribution is 2.21. The van der Waals surface area contributed by atoms with Gasteiger partial charge in [0.2, 0.25) is 0 Å². The number of hydrogen-bond acceptors (Lipinski definition) is 1. The highest BCUT2D eigenvalue weighted by molar-refractivity contribution is 6.35. The number of hydrogen-bond donors (Lipinski definition) is 0. The average molecular weight is 276 g/mol. The van der Waals surface area contributed by atoms with Crippen LogP contribution in [-0.2, 0) is 0 Å². The second kappa shape index (κ2) is 6.39. The van der Waals surface area contributed by atoms with E-state index >= 15 is 0 Å². The SMILES string of the molecule is Clc1ccc(/C=C/C=Nc2ccccc2)c(Cl)c1. The van der Waals surface area contributed by atoms with E-state index in [1.807, 2.05) is 48.6 Å². The van der Waals surface area contributed by atoms with Crippen LogP contribution in [-0.4, -0.2) is 6.21 Å². The van der Waals surface area contributed by atoms with Crippen molar-refractivity contribution in [2.45, 2.75) is 0 Å². The Hall–Kier alpha value is -1.57. The largest absolute Gasteiger partial charge is 0.257 e. The summed E-state index contributed by atoms with van der Waals surface area (Å²) in [5, 5.41) is 1.27. The second-order valence-electron chi connectivity index (χ2n) is 3.64. The Bertz CT molecular complexity index is 574. The second-order valence-corrected chi connectivity index (χ2v) is 4.48. The summed E-state index contributed by atoms with van der Waals surface area (Å²) >= 11 is 11.9. The number of rotatable bonds is 3. The maximum Gasteiger partial charge on any atom is 0.0629 e. The van der Waals surface area contributed by atoms with Crippen LogP contribution < -0.4 is 0 Å². The lowest BCUT2D eigenvalue weighted by atomic mass is 10.2. The van der Waals surface area contributed by atoms with Gasteiger partial charge in [-0.05, 0) is 35.9 Å². The summed E-state index contributed by atoms with van der Waals surface area (Å²) in [4.78, 5) is 4.29. The van der Waals surface area contributed by atoms with Gasteiger partial charge < -0.3 is 0 Å². The maximum absolute atomic E-state index is 6.05. The van der Waals surface area contributed by atoms with Crippen molar-refractivity contribution in [3.8, 4) is 0 Å². The molecule has 18 heavy (non-hydrogen) atoms. The molecule has 0 saturated heterocycles. The van der Waals surface area contributed by atoms with Crippen molar-refractivity contribution in [3.05, 3.63) is 70.2 Å². The van der Waals surface area contributed by atoms with Crippen molar-refractivity contribution in [3.63, 3.8) is 0 Å². The fourth-order valence-electron chi connectivity index (χ4n) is 1.43. The van der Waals surface area contributed by atoms with Gasteiger partial charge >= 0.3 is 0 Å². The minimum atomic E-state index is 0.631. The monoisotopic (exact) mass is 275 g/mol. The molecule has 0 amide bonds. The molecule has 0 aliphatic heterocycles. The molecule has 0 saturated carbocycles. The van der Waals surface area contributed by atoms with Crippen LogP contribution in [0.3, 0.4) is 0 Å². The molecule has 1 nitrogen and oxygen atoms in total. The van der Waals surface area contributed by atoms with Crippen molar-refractivity contribution in [1.82, 2.24) is 0 Å². The molecule has 2 aromatic carbocycles. The first-order valence-electron chi connectivity index (χ1n) is 5.46. The van der Waals surface area contributed by atoms with Gasteiger partial charge in [-0.3, -0.25) is 4.99 Å². The molecule has 0 aromatic heterocycles. The van der Waals surface area contributed by atoms with E-state index in [2.05, 4.69) is 4.99 Å². The fourth-order valence-corrected chi connectivity index (χ4v) is 1.90. The average Bonchev–Trinajstić information content (AvgIpc) is 2.38. The number of halogens is 2. The lowest BCUT2D eigenvalue weighted by Crippen LogP contribution is -1.75. The van der Waals surface area contributed by atoms with Gasteiger partial charge in [-0.25, -0.2) is 0 Å². The molecule has 0 spiro atoms. The lowest BCUT2D eigenvalue weighted by Gasteiger charge is -1.97. The van der Waals surface area contributed by atoms with Gasteiger partial charge in [0.25, 0.3) is 0 Å². The summed E-state index contributed by atoms with van der Waals surface area (Å²) in [6.07, 6.45) is 5.48. The first-order valence-corrected chi connectivity index (χ1v) is 6.22. The number of nitrogens with zero attached hydrogens (tertiary/aromatic N) is 1. The molecule has 0 atom stereocenters. The third-order valence-electron chi connectivity index (χ3n) is 2.30. The Balaban J connectivity index is 2.06. The molecule has 0 fully saturated rings. The summed E-state index contributed by atoms with van der Waals surface area (Å²) in [5.41, 5.74) is 1.84. The van der Waals surface area contributed by atoms with Gasteiger partial charge in [0.15, 0.2) is 0 Å². The van der Waals surface area contributed by atoms with E-state index in [0.29, 0.717) is 10.0 Å². The molecular formula is C15H11Cl2N. The zero-order valence-corrected chi connectivity index (χ0v) is 11.1. The van der Waals surface area contributed by atoms with E-state index < -0.39 is 0 Å². The molecule has 0 N–H and O–H groups in total. The third kappa shape index (κ3) is 3.73. The standard InChI is InChI=1S/C15H11Cl2N/c16-13-9-8-12(15(17)11-13)5-4-10-18-14-6-2-1-3-7-14/h1-11H/b5-4+,18-10?. The van der Waals surface area contributed by atoms with Crippen molar-refractivity contribution < 1.29 is 0 Å². The van der Waals surface area contributed by atoms with Crippen molar-refractivity contribution in [2.24, 2.45) is 4.99 Å². The number of benzene rings is 2. The van der Waals surface area contributed by atoms with E-state index in [9.17, 15) is 0 Å². The zero-order valence-electron chi connectivity index (χ0n) is 9.55. The van der Waals surface area contributed by atoms with Crippen LogP contribution in [0.2, 0.25) is 10.0 Å². The van der Waals surface area contributed by atoms with Crippen LogP contribution in [0.4, 0.5) is 5.69 Å². The molecule has 0 heterocycles. The Morgan fingerprint density at radius 1 is 0.944 bits per heavy atom. The topological polar surface area (TPSA) is 12.4 Å². The van der Waals surface area contributed by atoms with Crippen molar-refractivity contribution in [2.75, 3.05) is 0 Å². The van der Waals surface area contributed by atoms with Gasteiger partial charge in [-0.2, -0.15) is 0 Å². The van der Waals surface area contributed by atoms with Gasteiger partial charge in [0, 0.05) is 16.3 Å². The summed E-state index contributed by atoms with van der Waals surface area (Å²) in [7, 11) is 0. The van der Waals surface area contributed by atoms with Crippen LogP contribution in [0.15, 0.2) is 59.6 Å². The number of aliphatic imine (C=N–C) groups is 1. The number of para-hydroxylation sites is 1. The minimum absolute atomic E-state index is 0.631. The van der Waals surface area contributed by atoms with Crippen LogP contribution >= 0.6 is 23.2 Å². The van der Waals surface area contributed by atoms with Crippen LogP contribution in [0.1, 0.15) is 5.56 Å². The summed E-state index contributed by atoms with van der Waals surface area (Å²) in [6, 6.07) is 15.1. The van der Waals surface area contributed by atoms with Crippen molar-refractivity contribution >= 4 is 41.2 Å². The first-order chi connectivity index (χ1) is 8.75. The predicted molar refractivity (Wildman–Crippen MR) is 80.1 cm³/mol. The Labute approximate surface area is 116 Å². The highest BCUT2D eigenvalue weighted by Gasteiger charge is 1.96. The lowest BCUT2D eigenvalue weighted by molar-refractivity contribution is 1.54. The maximum atomic E-state index is 6.05. The van der Waals surface area contributed by atoms with Crippen LogP contribution in [0, 0.1) is 0 Å². The summed E-state index contributed by atoms with van der Waals surface area (Å²) < 4.78 is 0. The van der Waals surface area contributed by atoms with Crippen LogP contribution in [0.5, 0.6) is 0 Å². The van der Waals surface area contributed by atoms with Gasteiger partial charge in [0.05, 0.1) is 5.69 Å². The molecule has 90 valence electrons. The Kier molecular flexibility index (Phi) is 4.57. The van der Waals surface area contributed by atoms with E-state index in [1.165, 1.54) is 0 Å². The Morgan fingerprint density at radius 3 is 2.44 bits per heavy atom. The summed E-state index contributed by atoms with van der Waals surface area (Å²) in [5.74, 6) is 0. The minimum Gasteiger partial charge on any atom is -0.257 e. The molecule has 0 radical (unpaired) electrons. The van der Waals surface area contributed by atoms with Gasteiger partial charge in [-0.1, -0.05) is 53.5 Å². The predicted octanol–water partition coefficient (Wildman–Crippen LogP) is 5.41. The molecule has 0 aliphatic carbocycles. The summed E-state index contributed by atoms with van der Waals surface area (Å²) in [6.45, 7) is 0. The molecule has 2 aromatic rings. The molecule has 2 rings (SSSR count). The zero-order chi connectivity index (χ0) is 12.8. The fraction of sp³-hybridized carbons (Fsp3) is 0. The molecule has 0 unspecified atom stereocenters. The quantitative estimate of drug-likeness (QED) is 0.665. The van der Waals surface area contributed by atoms with E-state index in [4.69, 9.17) is 23.2 Å². The molecular weight excluding hydrogens is 265 g/mol. The molecule has 3 heteroatoms. The van der Waals surface area contributed by atoms with E-state index in [0.717, 1.165) is 11.3 Å². The van der Waals surface area contributed by atoms with Gasteiger partial charge in [0.1, 0.15) is 0 Å². The smallest absolute Gasteiger partial charge is 0.0629 e. The van der Waals surface area contributed by atoms with Crippen molar-refractivity contribution in [1.29, 1.82) is 0 Å². The number of allylic oxidation sites excluding steroid dienone is 1. The highest BCUT2D eigenvalue weighted by atomic mass is 35.5.